The van der Waals surface area contributed by atoms with Crippen molar-refractivity contribution in [2.24, 2.45) is 0 Å². The van der Waals surface area contributed by atoms with E-state index in [-0.39, 0.29) is 0 Å². The van der Waals surface area contributed by atoms with Crippen LogP contribution in [0.15, 0.2) is 18.2 Å². The van der Waals surface area contributed by atoms with Crippen molar-refractivity contribution in [1.82, 2.24) is 9.80 Å². The van der Waals surface area contributed by atoms with Crippen molar-refractivity contribution in [3.8, 4) is 0 Å². The van der Waals surface area contributed by atoms with Crippen molar-refractivity contribution in [3.05, 3.63) is 34.9 Å². The first kappa shape index (κ1) is 16.0. The summed E-state index contributed by atoms with van der Waals surface area (Å²) in [7, 11) is 0. The summed E-state index contributed by atoms with van der Waals surface area (Å²) in [5, 5.41) is 0. The summed E-state index contributed by atoms with van der Waals surface area (Å²) >= 11 is 0. The number of hydrogen-bond acceptors (Lipinski definition) is 2. The van der Waals surface area contributed by atoms with Gasteiger partial charge in [0.25, 0.3) is 0 Å². The Balaban J connectivity index is 1.63. The van der Waals surface area contributed by atoms with Gasteiger partial charge in [-0.3, -0.25) is 4.90 Å². The van der Waals surface area contributed by atoms with Gasteiger partial charge in [-0.1, -0.05) is 31.0 Å². The van der Waals surface area contributed by atoms with Crippen LogP contribution in [0.25, 0.3) is 0 Å². The summed E-state index contributed by atoms with van der Waals surface area (Å²) in [6, 6.07) is 8.55. The molecular formula is C20H32N2. The Hall–Kier alpha value is -0.860. The van der Waals surface area contributed by atoms with E-state index in [4.69, 9.17) is 0 Å². The zero-order valence-electron chi connectivity index (χ0n) is 14.6. The molecule has 0 bridgehead atoms. The average Bonchev–Trinajstić information content (AvgIpc) is 2.73. The Bertz CT molecular complexity index is 486. The summed E-state index contributed by atoms with van der Waals surface area (Å²) in [6.45, 7) is 11.9. The molecule has 0 N–H and O–H groups in total. The van der Waals surface area contributed by atoms with E-state index in [0.29, 0.717) is 12.1 Å². The average molecular weight is 300 g/mol. The van der Waals surface area contributed by atoms with E-state index in [1.807, 2.05) is 0 Å². The van der Waals surface area contributed by atoms with Gasteiger partial charge in [0.2, 0.25) is 0 Å². The number of nitrogens with zero attached hydrogens (tertiary/aromatic N) is 2. The van der Waals surface area contributed by atoms with Crippen molar-refractivity contribution in [2.45, 2.75) is 78.0 Å². The molecular weight excluding hydrogens is 268 g/mol. The lowest BCUT2D eigenvalue weighted by Gasteiger charge is -2.27. The van der Waals surface area contributed by atoms with Crippen LogP contribution in [-0.2, 0) is 19.5 Å². The highest BCUT2D eigenvalue weighted by molar-refractivity contribution is 5.35. The van der Waals surface area contributed by atoms with Crippen molar-refractivity contribution in [3.63, 3.8) is 0 Å². The fourth-order valence-electron chi connectivity index (χ4n) is 3.97. The maximum absolute atomic E-state index is 2.71. The Morgan fingerprint density at radius 2 is 1.55 bits per heavy atom. The lowest BCUT2D eigenvalue weighted by molar-refractivity contribution is 0.216. The van der Waals surface area contributed by atoms with Crippen LogP contribution >= 0.6 is 0 Å². The lowest BCUT2D eigenvalue weighted by atomic mass is 10.0. The van der Waals surface area contributed by atoms with Crippen LogP contribution in [0.1, 0.15) is 63.1 Å². The van der Waals surface area contributed by atoms with Crippen LogP contribution in [0.5, 0.6) is 0 Å². The molecule has 0 saturated carbocycles. The Kier molecular flexibility index (Phi) is 5.20. The second-order valence-electron chi connectivity index (χ2n) is 7.61. The van der Waals surface area contributed by atoms with E-state index in [2.05, 4.69) is 48.8 Å². The first-order valence-electron chi connectivity index (χ1n) is 9.22. The van der Waals surface area contributed by atoms with E-state index in [1.54, 1.807) is 11.1 Å². The van der Waals surface area contributed by atoms with Gasteiger partial charge in [-0.15, -0.1) is 0 Å². The van der Waals surface area contributed by atoms with Gasteiger partial charge in [-0.05, 0) is 69.8 Å². The van der Waals surface area contributed by atoms with Crippen LogP contribution in [0.2, 0.25) is 0 Å². The van der Waals surface area contributed by atoms with Crippen molar-refractivity contribution in [1.29, 1.82) is 0 Å². The Labute approximate surface area is 136 Å². The lowest BCUT2D eigenvalue weighted by Crippen LogP contribution is -2.35. The van der Waals surface area contributed by atoms with Crippen molar-refractivity contribution < 1.29 is 0 Å². The summed E-state index contributed by atoms with van der Waals surface area (Å²) in [5.41, 5.74) is 4.63. The minimum Gasteiger partial charge on any atom is -0.300 e. The predicted molar refractivity (Wildman–Crippen MR) is 94.0 cm³/mol. The summed E-state index contributed by atoms with van der Waals surface area (Å²) in [5.74, 6) is 0. The summed E-state index contributed by atoms with van der Waals surface area (Å²) in [6.07, 6.45) is 6.82. The molecule has 1 aromatic carbocycles. The Morgan fingerprint density at radius 3 is 2.23 bits per heavy atom. The molecule has 1 atom stereocenters. The van der Waals surface area contributed by atoms with Crippen LogP contribution < -0.4 is 0 Å². The van der Waals surface area contributed by atoms with E-state index >= 15 is 0 Å². The van der Waals surface area contributed by atoms with Crippen LogP contribution in [0.4, 0.5) is 0 Å². The molecule has 0 aliphatic carbocycles. The normalized spacial score (nSPS) is 21.8. The quantitative estimate of drug-likeness (QED) is 0.821. The molecule has 0 spiro atoms. The molecule has 0 amide bonds. The third-order valence-corrected chi connectivity index (χ3v) is 5.54. The van der Waals surface area contributed by atoms with Crippen LogP contribution in [-0.4, -0.2) is 35.0 Å². The van der Waals surface area contributed by atoms with Gasteiger partial charge in [-0.2, -0.15) is 0 Å². The van der Waals surface area contributed by atoms with E-state index < -0.39 is 0 Å². The van der Waals surface area contributed by atoms with E-state index in [9.17, 15) is 0 Å². The van der Waals surface area contributed by atoms with Gasteiger partial charge in [0.1, 0.15) is 0 Å². The van der Waals surface area contributed by atoms with Gasteiger partial charge < -0.3 is 4.90 Å². The second kappa shape index (κ2) is 7.14. The maximum atomic E-state index is 2.71. The van der Waals surface area contributed by atoms with Gasteiger partial charge in [-0.25, -0.2) is 0 Å². The van der Waals surface area contributed by atoms with Gasteiger partial charge in [0.05, 0.1) is 0 Å². The second-order valence-corrected chi connectivity index (χ2v) is 7.61. The first-order valence-corrected chi connectivity index (χ1v) is 9.22. The Morgan fingerprint density at radius 1 is 0.864 bits per heavy atom. The molecule has 2 aliphatic rings. The molecule has 0 aromatic heterocycles. The minimum atomic E-state index is 0.645. The van der Waals surface area contributed by atoms with Gasteiger partial charge in [0.15, 0.2) is 0 Å². The molecule has 2 heteroatoms. The zero-order chi connectivity index (χ0) is 15.5. The first-order chi connectivity index (χ1) is 10.6. The van der Waals surface area contributed by atoms with E-state index in [1.165, 1.54) is 50.8 Å². The number of fused-ring (bicyclic) bond motifs is 1. The van der Waals surface area contributed by atoms with E-state index in [0.717, 1.165) is 13.1 Å². The summed E-state index contributed by atoms with van der Waals surface area (Å²) in [4.78, 5) is 5.27. The third kappa shape index (κ3) is 3.72. The highest BCUT2D eigenvalue weighted by Crippen LogP contribution is 2.26. The van der Waals surface area contributed by atoms with Gasteiger partial charge in [0, 0.05) is 25.2 Å². The highest BCUT2D eigenvalue weighted by Gasteiger charge is 2.22. The minimum absolute atomic E-state index is 0.645. The molecule has 1 saturated heterocycles. The molecule has 2 nitrogen and oxygen atoms in total. The number of likely N-dealkylation sites (tertiary alicyclic amines) is 1. The summed E-state index contributed by atoms with van der Waals surface area (Å²) < 4.78 is 0. The molecule has 2 aliphatic heterocycles. The molecule has 1 unspecified atom stereocenters. The largest absolute Gasteiger partial charge is 0.300 e. The fraction of sp³-hybridized carbons (Fsp3) is 0.700. The molecule has 2 heterocycles. The van der Waals surface area contributed by atoms with Crippen molar-refractivity contribution >= 4 is 0 Å². The standard InChI is InChI=1S/C20H32N2/c1-16(2)22-14-19-9-8-18(13-20(19)15-22)12-17(3)21-10-6-4-5-7-11-21/h8-9,13,16-17H,4-7,10-12,14-15H2,1-3H3. The highest BCUT2D eigenvalue weighted by atomic mass is 15.2. The topological polar surface area (TPSA) is 6.48 Å². The third-order valence-electron chi connectivity index (χ3n) is 5.54. The predicted octanol–water partition coefficient (Wildman–Crippen LogP) is 4.22. The maximum Gasteiger partial charge on any atom is 0.0243 e. The molecule has 0 radical (unpaired) electrons. The number of benzene rings is 1. The number of rotatable bonds is 4. The number of hydrogen-bond donors (Lipinski definition) is 0. The van der Waals surface area contributed by atoms with Crippen molar-refractivity contribution in [2.75, 3.05) is 13.1 Å². The molecule has 1 fully saturated rings. The smallest absolute Gasteiger partial charge is 0.0243 e. The fourth-order valence-corrected chi connectivity index (χ4v) is 3.97. The molecule has 122 valence electrons. The molecule has 3 rings (SSSR count). The SMILES string of the molecule is CC(C)N1Cc2ccc(CC(C)N3CCCCCC3)cc2C1. The van der Waals surface area contributed by atoms with Crippen LogP contribution in [0.3, 0.4) is 0 Å². The van der Waals surface area contributed by atoms with Gasteiger partial charge >= 0.3 is 0 Å². The monoisotopic (exact) mass is 300 g/mol. The zero-order valence-corrected chi connectivity index (χ0v) is 14.6. The van der Waals surface area contributed by atoms with Crippen LogP contribution in [0, 0.1) is 0 Å². The molecule has 22 heavy (non-hydrogen) atoms. The molecule has 1 aromatic rings.